The lowest BCUT2D eigenvalue weighted by molar-refractivity contribution is -0.133. The van der Waals surface area contributed by atoms with Gasteiger partial charge in [0.2, 0.25) is 5.91 Å². The number of carbonyl (C=O) groups excluding carboxylic acids is 1. The normalized spacial score (nSPS) is 12.3. The highest BCUT2D eigenvalue weighted by Gasteiger charge is 2.37. The molecular weight excluding hydrogens is 508 g/mol. The largest absolute Gasteiger partial charge is 0.465 e. The van der Waals surface area contributed by atoms with E-state index in [1.165, 1.54) is 17.8 Å². The Labute approximate surface area is 227 Å². The van der Waals surface area contributed by atoms with Gasteiger partial charge in [0.25, 0.3) is 0 Å². The quantitative estimate of drug-likeness (QED) is 0.274. The van der Waals surface area contributed by atoms with E-state index < -0.39 is 29.2 Å². The summed E-state index contributed by atoms with van der Waals surface area (Å²) in [7, 11) is 0. The number of carbonyl (C=O) groups is 2. The van der Waals surface area contributed by atoms with Crippen molar-refractivity contribution >= 4 is 23.8 Å². The second-order valence-corrected chi connectivity index (χ2v) is 11.1. The summed E-state index contributed by atoms with van der Waals surface area (Å²) in [5.74, 6) is -0.867. The molecule has 6 nitrogen and oxygen atoms in total. The average molecular weight is 544 g/mol. The summed E-state index contributed by atoms with van der Waals surface area (Å²) in [4.78, 5) is 26.2. The highest BCUT2D eigenvalue weighted by molar-refractivity contribution is 7.99. The van der Waals surface area contributed by atoms with E-state index in [0.29, 0.717) is 25.1 Å². The summed E-state index contributed by atoms with van der Waals surface area (Å²) in [5.41, 5.74) is 2.06. The maximum atomic E-state index is 14.8. The Morgan fingerprint density at radius 2 is 1.82 bits per heavy atom. The third-order valence-electron chi connectivity index (χ3n) is 6.22. The van der Waals surface area contributed by atoms with Gasteiger partial charge in [0.05, 0.1) is 11.8 Å². The van der Waals surface area contributed by atoms with E-state index in [2.05, 4.69) is 5.32 Å². The lowest BCUT2D eigenvalue weighted by Gasteiger charge is -2.41. The van der Waals surface area contributed by atoms with Crippen LogP contribution in [0.4, 0.5) is 13.6 Å². The molecule has 3 rings (SSSR count). The fourth-order valence-electron chi connectivity index (χ4n) is 4.66. The van der Waals surface area contributed by atoms with Crippen molar-refractivity contribution in [1.82, 2.24) is 14.8 Å². The van der Waals surface area contributed by atoms with Crippen LogP contribution in [-0.2, 0) is 11.3 Å². The molecule has 3 aromatic rings. The molecule has 0 unspecified atom stereocenters. The van der Waals surface area contributed by atoms with Crippen LogP contribution in [0.1, 0.15) is 44.5 Å². The van der Waals surface area contributed by atoms with E-state index in [1.807, 2.05) is 74.2 Å². The minimum Gasteiger partial charge on any atom is -0.465 e. The van der Waals surface area contributed by atoms with E-state index in [-0.39, 0.29) is 23.8 Å². The Bertz CT molecular complexity index is 1240. The molecule has 1 atom stereocenters. The summed E-state index contributed by atoms with van der Waals surface area (Å²) < 4.78 is 30.9. The van der Waals surface area contributed by atoms with Crippen molar-refractivity contribution in [2.45, 2.75) is 39.8 Å². The highest BCUT2D eigenvalue weighted by Crippen LogP contribution is 2.41. The summed E-state index contributed by atoms with van der Waals surface area (Å²) in [5, 5.41) is 11.3. The van der Waals surface area contributed by atoms with E-state index in [1.54, 1.807) is 4.90 Å². The first kappa shape index (κ1) is 29.2. The second-order valence-electron chi connectivity index (χ2n) is 10.3. The van der Waals surface area contributed by atoms with Crippen molar-refractivity contribution in [1.29, 1.82) is 0 Å². The van der Waals surface area contributed by atoms with E-state index in [4.69, 9.17) is 5.11 Å². The monoisotopic (exact) mass is 543 g/mol. The van der Waals surface area contributed by atoms with Crippen LogP contribution in [0.2, 0.25) is 0 Å². The van der Waals surface area contributed by atoms with E-state index >= 15 is 0 Å². The van der Waals surface area contributed by atoms with Crippen LogP contribution < -0.4 is 5.32 Å². The van der Waals surface area contributed by atoms with Crippen LogP contribution in [0, 0.1) is 17.0 Å². The Kier molecular flexibility index (Phi) is 9.96. The van der Waals surface area contributed by atoms with Crippen molar-refractivity contribution in [3.63, 3.8) is 0 Å². The van der Waals surface area contributed by atoms with Crippen LogP contribution in [0.15, 0.2) is 60.8 Å². The first-order valence-electron chi connectivity index (χ1n) is 12.5. The van der Waals surface area contributed by atoms with Crippen LogP contribution in [-0.4, -0.2) is 51.7 Å². The first-order chi connectivity index (χ1) is 18.0. The minimum absolute atomic E-state index is 0.0707. The third kappa shape index (κ3) is 7.60. The van der Waals surface area contributed by atoms with Crippen molar-refractivity contribution in [2.24, 2.45) is 5.41 Å². The predicted molar refractivity (Wildman–Crippen MR) is 148 cm³/mol. The maximum absolute atomic E-state index is 14.8. The van der Waals surface area contributed by atoms with Gasteiger partial charge in [-0.2, -0.15) is 11.8 Å². The molecule has 0 saturated heterocycles. The second kappa shape index (κ2) is 13.0. The zero-order chi connectivity index (χ0) is 27.9. The smallest absolute Gasteiger partial charge is 0.404 e. The van der Waals surface area contributed by atoms with Gasteiger partial charge < -0.3 is 19.9 Å². The molecule has 2 N–H and O–H groups in total. The zero-order valence-electron chi connectivity index (χ0n) is 22.2. The molecule has 1 heterocycles. The number of thioether (sulfide) groups is 1. The third-order valence-corrected chi connectivity index (χ3v) is 6.75. The lowest BCUT2D eigenvalue weighted by atomic mass is 9.83. The molecule has 2 aromatic carbocycles. The van der Waals surface area contributed by atoms with Gasteiger partial charge in [-0.3, -0.25) is 4.79 Å². The molecule has 0 aliphatic rings. The number of hydrogen-bond acceptors (Lipinski definition) is 3. The highest BCUT2D eigenvalue weighted by atomic mass is 32.2. The minimum atomic E-state index is -1.11. The molecule has 0 aliphatic heterocycles. The van der Waals surface area contributed by atoms with Crippen molar-refractivity contribution in [3.05, 3.63) is 83.7 Å². The van der Waals surface area contributed by atoms with Gasteiger partial charge in [-0.05, 0) is 47.9 Å². The van der Waals surface area contributed by atoms with Crippen molar-refractivity contribution in [2.75, 3.05) is 25.1 Å². The molecule has 0 bridgehead atoms. The van der Waals surface area contributed by atoms with Gasteiger partial charge >= 0.3 is 6.09 Å². The van der Waals surface area contributed by atoms with Crippen LogP contribution in [0.5, 0.6) is 0 Å². The van der Waals surface area contributed by atoms with Gasteiger partial charge in [-0.15, -0.1) is 0 Å². The molecule has 1 aromatic heterocycles. The molecule has 38 heavy (non-hydrogen) atoms. The predicted octanol–water partition coefficient (Wildman–Crippen LogP) is 6.42. The Balaban J connectivity index is 2.14. The molecule has 204 valence electrons. The summed E-state index contributed by atoms with van der Waals surface area (Å²) in [6.45, 7) is 7.13. The number of nitrogens with one attached hydrogen (secondary N) is 1. The van der Waals surface area contributed by atoms with E-state index in [0.717, 1.165) is 23.4 Å². The standard InChI is InChI=1S/C29H35F2N3O3S/c1-29(2,3)27(34(26(35)19-38-4)14-8-13-32-28(36)37)25-15-21(23-16-22(30)11-12-24(23)31)18-33(25)17-20-9-6-5-7-10-20/h5-7,9-12,15-16,18,27,32H,8,13-14,17,19H2,1-4H3,(H,36,37)/t27-/m0/s1. The topological polar surface area (TPSA) is 74.6 Å². The number of nitrogens with zero attached hydrogens (tertiary/aromatic N) is 2. The molecule has 0 saturated carbocycles. The summed E-state index contributed by atoms with van der Waals surface area (Å²) in [6, 6.07) is 14.6. The first-order valence-corrected chi connectivity index (χ1v) is 13.8. The Hall–Kier alpha value is -3.33. The number of rotatable bonds is 11. The lowest BCUT2D eigenvalue weighted by Crippen LogP contribution is -2.44. The molecule has 0 fully saturated rings. The van der Waals surface area contributed by atoms with Gasteiger partial charge in [-0.1, -0.05) is 51.1 Å². The number of carboxylic acid groups (broad SMARTS) is 1. The van der Waals surface area contributed by atoms with Crippen LogP contribution >= 0.6 is 11.8 Å². The van der Waals surface area contributed by atoms with Crippen LogP contribution in [0.3, 0.4) is 0 Å². The van der Waals surface area contributed by atoms with Crippen molar-refractivity contribution in [3.8, 4) is 11.1 Å². The average Bonchev–Trinajstić information content (AvgIpc) is 3.24. The Morgan fingerprint density at radius 1 is 1.11 bits per heavy atom. The molecule has 2 amide bonds. The Morgan fingerprint density at radius 3 is 2.45 bits per heavy atom. The zero-order valence-corrected chi connectivity index (χ0v) is 23.0. The molecular formula is C29H35F2N3O3S. The summed E-state index contributed by atoms with van der Waals surface area (Å²) in [6.07, 6.45) is 2.99. The number of amides is 2. The van der Waals surface area contributed by atoms with Crippen molar-refractivity contribution < 1.29 is 23.5 Å². The van der Waals surface area contributed by atoms with Crippen LogP contribution in [0.25, 0.3) is 11.1 Å². The summed E-state index contributed by atoms with van der Waals surface area (Å²) >= 11 is 1.42. The molecule has 0 aliphatic carbocycles. The number of hydrogen-bond donors (Lipinski definition) is 2. The molecule has 9 heteroatoms. The fourth-order valence-corrected chi connectivity index (χ4v) is 5.07. The number of benzene rings is 2. The van der Waals surface area contributed by atoms with Gasteiger partial charge in [0.1, 0.15) is 11.6 Å². The molecule has 0 spiro atoms. The SMILES string of the molecule is CSCC(=O)N(CCCNC(=O)O)[C@@H](c1cc(-c2cc(F)ccc2F)cn1Cc1ccccc1)C(C)(C)C. The fraction of sp³-hybridized carbons (Fsp3) is 0.379. The van der Waals surface area contributed by atoms with E-state index in [9.17, 15) is 18.4 Å². The van der Waals surface area contributed by atoms with Gasteiger partial charge in [0.15, 0.2) is 0 Å². The number of aromatic nitrogens is 1. The maximum Gasteiger partial charge on any atom is 0.404 e. The van der Waals surface area contributed by atoms with Gasteiger partial charge in [-0.25, -0.2) is 13.6 Å². The number of halogens is 2. The van der Waals surface area contributed by atoms with Gasteiger partial charge in [0, 0.05) is 42.7 Å². The molecule has 0 radical (unpaired) electrons.